The number of hydrogen-bond donors (Lipinski definition) is 3. The largest absolute Gasteiger partial charge is 0.387 e. The van der Waals surface area contributed by atoms with Gasteiger partial charge in [0.1, 0.15) is 5.84 Å². The molecule has 1 aliphatic rings. The van der Waals surface area contributed by atoms with Crippen molar-refractivity contribution in [3.63, 3.8) is 0 Å². The number of benzene rings is 1. The molecule has 7 nitrogen and oxygen atoms in total. The van der Waals surface area contributed by atoms with E-state index in [1.807, 2.05) is 25.3 Å². The van der Waals surface area contributed by atoms with E-state index in [1.165, 1.54) is 0 Å². The monoisotopic (exact) mass is 381 g/mol. The van der Waals surface area contributed by atoms with Gasteiger partial charge in [-0.3, -0.25) is 4.79 Å². The lowest BCUT2D eigenvalue weighted by Crippen LogP contribution is -2.38. The molecule has 0 aliphatic carbocycles. The second-order valence-electron chi connectivity index (χ2n) is 6.63. The van der Waals surface area contributed by atoms with Crippen LogP contribution in [0.15, 0.2) is 41.5 Å². The molecule has 0 bridgehead atoms. The van der Waals surface area contributed by atoms with Gasteiger partial charge in [0.25, 0.3) is 0 Å². The number of fused-ring (bicyclic) bond motifs is 1. The van der Waals surface area contributed by atoms with E-state index in [2.05, 4.69) is 27.0 Å². The van der Waals surface area contributed by atoms with Crippen LogP contribution >= 0.6 is 0 Å². The van der Waals surface area contributed by atoms with Crippen molar-refractivity contribution in [2.24, 2.45) is 16.5 Å². The molecule has 1 amide bonds. The van der Waals surface area contributed by atoms with E-state index in [0.29, 0.717) is 37.7 Å². The molecule has 0 fully saturated rings. The van der Waals surface area contributed by atoms with E-state index < -0.39 is 5.91 Å². The average Bonchev–Trinajstić information content (AvgIpc) is 3.05. The number of ether oxygens (including phenoxy) is 1. The summed E-state index contributed by atoms with van der Waals surface area (Å²) < 4.78 is 7.56. The Morgan fingerprint density at radius 1 is 1.29 bits per heavy atom. The fraction of sp³-hybridized carbons (Fsp3) is 0.333. The minimum Gasteiger partial charge on any atom is -0.387 e. The van der Waals surface area contributed by atoms with Gasteiger partial charge in [-0.15, -0.1) is 0 Å². The van der Waals surface area contributed by atoms with Gasteiger partial charge in [0, 0.05) is 37.9 Å². The summed E-state index contributed by atoms with van der Waals surface area (Å²) in [6.07, 6.45) is 5.82. The van der Waals surface area contributed by atoms with Crippen molar-refractivity contribution < 1.29 is 9.53 Å². The fourth-order valence-corrected chi connectivity index (χ4v) is 3.17. The SMILES string of the molecule is CCOCCNC1=c2/c(ccn2Cc2ccc(C(N)=O)cc2)=C\CC/C(N)=N\1. The molecule has 0 saturated carbocycles. The first-order chi connectivity index (χ1) is 13.6. The molecule has 0 atom stereocenters. The maximum absolute atomic E-state index is 11.3. The first-order valence-corrected chi connectivity index (χ1v) is 9.51. The number of amidine groups is 1. The van der Waals surface area contributed by atoms with Crippen LogP contribution in [0.1, 0.15) is 35.7 Å². The normalized spacial score (nSPS) is 18.8. The van der Waals surface area contributed by atoms with E-state index >= 15 is 0 Å². The van der Waals surface area contributed by atoms with Crippen LogP contribution in [0.2, 0.25) is 0 Å². The van der Waals surface area contributed by atoms with E-state index in [1.54, 1.807) is 12.1 Å². The van der Waals surface area contributed by atoms with Gasteiger partial charge in [0.15, 0.2) is 5.82 Å². The molecule has 0 unspecified atom stereocenters. The smallest absolute Gasteiger partial charge is 0.248 e. The van der Waals surface area contributed by atoms with E-state index in [0.717, 1.165) is 34.8 Å². The molecule has 1 aromatic heterocycles. The van der Waals surface area contributed by atoms with Crippen LogP contribution in [-0.2, 0) is 11.3 Å². The summed E-state index contributed by atoms with van der Waals surface area (Å²) in [6, 6.07) is 9.42. The van der Waals surface area contributed by atoms with Crippen LogP contribution in [0.25, 0.3) is 11.9 Å². The Morgan fingerprint density at radius 2 is 2.07 bits per heavy atom. The van der Waals surface area contributed by atoms with Crippen molar-refractivity contribution in [3.8, 4) is 0 Å². The minimum atomic E-state index is -0.425. The van der Waals surface area contributed by atoms with Gasteiger partial charge < -0.3 is 26.1 Å². The molecular formula is C21H27N5O2. The Kier molecular flexibility index (Phi) is 6.49. The van der Waals surface area contributed by atoms with Crippen LogP contribution in [0.5, 0.6) is 0 Å². The third-order valence-corrected chi connectivity index (χ3v) is 4.57. The lowest BCUT2D eigenvalue weighted by Gasteiger charge is -2.12. The number of carbonyl (C=O) groups is 1. The van der Waals surface area contributed by atoms with Crippen molar-refractivity contribution in [2.75, 3.05) is 19.8 Å². The number of primary amides is 1. The summed E-state index contributed by atoms with van der Waals surface area (Å²) in [5, 5.41) is 5.50. The maximum atomic E-state index is 11.3. The minimum absolute atomic E-state index is 0.425. The van der Waals surface area contributed by atoms with E-state index in [-0.39, 0.29) is 0 Å². The topological polar surface area (TPSA) is 108 Å². The number of rotatable bonds is 8. The Labute approximate surface area is 164 Å². The Bertz CT molecular complexity index is 973. The molecule has 0 spiro atoms. The number of carbonyl (C=O) groups excluding carboxylic acids is 1. The van der Waals surface area contributed by atoms with E-state index in [4.69, 9.17) is 16.2 Å². The fourth-order valence-electron chi connectivity index (χ4n) is 3.17. The van der Waals surface area contributed by atoms with Crippen LogP contribution in [0.4, 0.5) is 0 Å². The quantitative estimate of drug-likeness (QED) is 0.570. The number of aromatic nitrogens is 1. The summed E-state index contributed by atoms with van der Waals surface area (Å²) in [4.78, 5) is 15.9. The number of nitrogens with one attached hydrogen (secondary N) is 1. The zero-order valence-corrected chi connectivity index (χ0v) is 16.1. The Balaban J connectivity index is 1.97. The molecule has 0 saturated heterocycles. The first kappa shape index (κ1) is 19.7. The third-order valence-electron chi connectivity index (χ3n) is 4.57. The van der Waals surface area contributed by atoms with Crippen molar-refractivity contribution in [1.29, 1.82) is 0 Å². The highest BCUT2D eigenvalue weighted by atomic mass is 16.5. The van der Waals surface area contributed by atoms with Crippen LogP contribution < -0.4 is 27.4 Å². The van der Waals surface area contributed by atoms with Crippen molar-refractivity contribution >= 4 is 23.6 Å². The maximum Gasteiger partial charge on any atom is 0.248 e. The molecule has 148 valence electrons. The van der Waals surface area contributed by atoms with Crippen molar-refractivity contribution in [1.82, 2.24) is 9.88 Å². The van der Waals surface area contributed by atoms with Gasteiger partial charge in [0.05, 0.1) is 12.0 Å². The highest BCUT2D eigenvalue weighted by Gasteiger charge is 2.09. The van der Waals surface area contributed by atoms with Crippen LogP contribution in [0, 0.1) is 0 Å². The number of amides is 1. The standard InChI is InChI=1S/C21H27N5O2/c1-2-28-13-11-24-21-19-16(4-3-5-18(22)25-21)10-12-26(19)14-15-6-8-17(9-7-15)20(23)27/h4,6-10,12,24H,2-3,5,11,13-14H2,1H3,(H2,22,25)(H2,23,27)/b16-4-,21-19+. The van der Waals surface area contributed by atoms with Gasteiger partial charge in [-0.05, 0) is 42.3 Å². The third kappa shape index (κ3) is 4.80. The zero-order chi connectivity index (χ0) is 19.9. The number of nitrogens with zero attached hydrogens (tertiary/aromatic N) is 2. The van der Waals surface area contributed by atoms with Crippen LogP contribution in [0.3, 0.4) is 0 Å². The van der Waals surface area contributed by atoms with Crippen LogP contribution in [-0.4, -0.2) is 36.1 Å². The van der Waals surface area contributed by atoms with Crippen molar-refractivity contribution in [2.45, 2.75) is 26.3 Å². The molecule has 7 heteroatoms. The lowest BCUT2D eigenvalue weighted by atomic mass is 10.1. The Morgan fingerprint density at radius 3 is 2.79 bits per heavy atom. The van der Waals surface area contributed by atoms with E-state index in [9.17, 15) is 4.79 Å². The summed E-state index contributed by atoms with van der Waals surface area (Å²) in [5.41, 5.74) is 13.0. The zero-order valence-electron chi connectivity index (χ0n) is 16.1. The summed E-state index contributed by atoms with van der Waals surface area (Å²) in [7, 11) is 0. The summed E-state index contributed by atoms with van der Waals surface area (Å²) >= 11 is 0. The lowest BCUT2D eigenvalue weighted by molar-refractivity contribution is 0.100. The molecule has 5 N–H and O–H groups in total. The molecule has 2 heterocycles. The molecule has 28 heavy (non-hydrogen) atoms. The highest BCUT2D eigenvalue weighted by molar-refractivity contribution is 5.92. The van der Waals surface area contributed by atoms with Gasteiger partial charge in [-0.1, -0.05) is 18.2 Å². The molecule has 1 aliphatic heterocycles. The van der Waals surface area contributed by atoms with Gasteiger partial charge >= 0.3 is 0 Å². The van der Waals surface area contributed by atoms with Crippen molar-refractivity contribution in [3.05, 3.63) is 58.2 Å². The number of nitrogens with two attached hydrogens (primary N) is 2. The predicted octanol–water partition coefficient (Wildman–Crippen LogP) is 0.259. The highest BCUT2D eigenvalue weighted by Crippen LogP contribution is 2.06. The molecular weight excluding hydrogens is 354 g/mol. The second-order valence-corrected chi connectivity index (χ2v) is 6.63. The summed E-state index contributed by atoms with van der Waals surface area (Å²) in [5.74, 6) is 0.937. The first-order valence-electron chi connectivity index (χ1n) is 9.51. The molecule has 0 radical (unpaired) electrons. The predicted molar refractivity (Wildman–Crippen MR) is 111 cm³/mol. The van der Waals surface area contributed by atoms with Gasteiger partial charge in [0.2, 0.25) is 5.91 Å². The van der Waals surface area contributed by atoms with Gasteiger partial charge in [-0.25, -0.2) is 4.99 Å². The molecule has 3 rings (SSSR count). The molecule has 1 aromatic carbocycles. The summed E-state index contributed by atoms with van der Waals surface area (Å²) in [6.45, 7) is 4.55. The average molecular weight is 381 g/mol. The molecule has 2 aromatic rings. The number of hydrogen-bond acceptors (Lipinski definition) is 5. The van der Waals surface area contributed by atoms with Gasteiger partial charge in [-0.2, -0.15) is 0 Å². The number of aliphatic imine (C=N–C) groups is 1. The second kappa shape index (κ2) is 9.23. The Hall–Kier alpha value is -3.06.